The number of hydrogen-bond acceptors (Lipinski definition) is 3. The molecule has 29 heavy (non-hydrogen) atoms. The summed E-state index contributed by atoms with van der Waals surface area (Å²) in [5.41, 5.74) is 3.30. The van der Waals surface area contributed by atoms with Gasteiger partial charge in [-0.15, -0.1) is 0 Å². The Morgan fingerprint density at radius 1 is 1.00 bits per heavy atom. The lowest BCUT2D eigenvalue weighted by Crippen LogP contribution is -2.39. The Labute approximate surface area is 175 Å². The molecule has 0 aliphatic rings. The molecular weight excluding hydrogens is 362 g/mol. The Hall–Kier alpha value is -2.49. The molecule has 0 radical (unpaired) electrons. The lowest BCUT2D eigenvalue weighted by Gasteiger charge is -2.24. The molecule has 0 heterocycles. The number of hydrogen-bond donors (Lipinski definition) is 1. The number of benzene rings is 2. The first-order valence-corrected chi connectivity index (χ1v) is 10.4. The normalized spacial score (nSPS) is 13.3. The maximum absolute atomic E-state index is 12.9. The van der Waals surface area contributed by atoms with E-state index in [2.05, 4.69) is 45.1 Å². The quantitative estimate of drug-likeness (QED) is 0.582. The van der Waals surface area contributed by atoms with Crippen LogP contribution in [-0.4, -0.2) is 19.1 Å². The van der Waals surface area contributed by atoms with Crippen LogP contribution in [0.25, 0.3) is 0 Å². The Morgan fingerprint density at radius 3 is 2.21 bits per heavy atom. The molecule has 2 rings (SSSR count). The molecule has 2 atom stereocenters. The number of ether oxygens (including phenoxy) is 2. The summed E-state index contributed by atoms with van der Waals surface area (Å²) >= 11 is 0. The molecule has 0 fully saturated rings. The number of carbonyl (C=O) groups excluding carboxylic acids is 1. The van der Waals surface area contributed by atoms with Gasteiger partial charge < -0.3 is 14.8 Å². The summed E-state index contributed by atoms with van der Waals surface area (Å²) in [6.45, 7) is 12.4. The molecule has 1 N–H and O–H groups in total. The highest BCUT2D eigenvalue weighted by atomic mass is 16.5. The predicted molar refractivity (Wildman–Crippen MR) is 119 cm³/mol. The third kappa shape index (κ3) is 6.52. The minimum Gasteiger partial charge on any atom is -0.497 e. The van der Waals surface area contributed by atoms with Gasteiger partial charge in [-0.2, -0.15) is 0 Å². The molecule has 2 aromatic carbocycles. The van der Waals surface area contributed by atoms with Gasteiger partial charge >= 0.3 is 0 Å². The molecule has 0 aliphatic carbocycles. The van der Waals surface area contributed by atoms with Crippen LogP contribution in [-0.2, 0) is 4.79 Å². The van der Waals surface area contributed by atoms with Crippen molar-refractivity contribution in [2.75, 3.05) is 7.11 Å². The van der Waals surface area contributed by atoms with Gasteiger partial charge in [-0.05, 0) is 67.0 Å². The van der Waals surface area contributed by atoms with E-state index in [1.54, 1.807) is 7.11 Å². The Bertz CT molecular complexity index is 796. The fourth-order valence-electron chi connectivity index (χ4n) is 3.34. The zero-order valence-corrected chi connectivity index (χ0v) is 18.8. The van der Waals surface area contributed by atoms with Crippen molar-refractivity contribution < 1.29 is 14.3 Å². The average molecular weight is 398 g/mol. The zero-order chi connectivity index (χ0) is 21.6. The minimum absolute atomic E-state index is 0.0680. The van der Waals surface area contributed by atoms with Crippen LogP contribution in [0.4, 0.5) is 0 Å². The van der Waals surface area contributed by atoms with Gasteiger partial charge in [0.25, 0.3) is 5.91 Å². The van der Waals surface area contributed by atoms with Crippen LogP contribution >= 0.6 is 0 Å². The summed E-state index contributed by atoms with van der Waals surface area (Å²) in [6.07, 6.45) is 0.272. The van der Waals surface area contributed by atoms with Crippen LogP contribution in [0.15, 0.2) is 42.5 Å². The van der Waals surface area contributed by atoms with Crippen molar-refractivity contribution in [3.8, 4) is 11.5 Å². The van der Waals surface area contributed by atoms with Crippen LogP contribution in [0.1, 0.15) is 69.7 Å². The summed E-state index contributed by atoms with van der Waals surface area (Å²) in [7, 11) is 1.65. The summed E-state index contributed by atoms with van der Waals surface area (Å²) < 4.78 is 11.3. The van der Waals surface area contributed by atoms with Gasteiger partial charge in [0.1, 0.15) is 11.5 Å². The highest BCUT2D eigenvalue weighted by Crippen LogP contribution is 2.29. The van der Waals surface area contributed by atoms with E-state index in [1.165, 1.54) is 0 Å². The third-order valence-electron chi connectivity index (χ3n) is 5.01. The van der Waals surface area contributed by atoms with Crippen molar-refractivity contribution in [3.05, 3.63) is 59.2 Å². The minimum atomic E-state index is -0.581. The Kier molecular flexibility index (Phi) is 8.12. The second-order valence-electron chi connectivity index (χ2n) is 8.42. The van der Waals surface area contributed by atoms with E-state index in [0.717, 1.165) is 34.6 Å². The van der Waals surface area contributed by atoms with Crippen molar-refractivity contribution in [3.63, 3.8) is 0 Å². The second-order valence-corrected chi connectivity index (χ2v) is 8.42. The van der Waals surface area contributed by atoms with Crippen molar-refractivity contribution >= 4 is 5.91 Å². The summed E-state index contributed by atoms with van der Waals surface area (Å²) in [6, 6.07) is 14.0. The molecule has 1 amide bonds. The number of carbonyl (C=O) groups is 1. The van der Waals surface area contributed by atoms with Gasteiger partial charge in [-0.3, -0.25) is 4.79 Å². The van der Waals surface area contributed by atoms with Crippen molar-refractivity contribution in [2.24, 2.45) is 5.92 Å². The van der Waals surface area contributed by atoms with Crippen LogP contribution in [0, 0.1) is 12.8 Å². The number of rotatable bonds is 9. The fraction of sp³-hybridized carbons (Fsp3) is 0.480. The zero-order valence-electron chi connectivity index (χ0n) is 18.8. The molecule has 0 aromatic heterocycles. The summed E-state index contributed by atoms with van der Waals surface area (Å²) in [5.74, 6) is 2.26. The standard InChI is InChI=1S/C25H35NO3/c1-16(2)14-23(20-9-11-21(28-7)12-10-20)26-25(27)19(6)29-24-15-18(5)8-13-22(24)17(3)4/h8-13,15-17,19,23H,14H2,1-7H3,(H,26,27)/t19-,23-/m0/s1. The number of amides is 1. The van der Waals surface area contributed by atoms with Crippen molar-refractivity contribution in [2.45, 2.75) is 66.0 Å². The molecule has 0 spiro atoms. The van der Waals surface area contributed by atoms with E-state index >= 15 is 0 Å². The first-order valence-electron chi connectivity index (χ1n) is 10.4. The van der Waals surface area contributed by atoms with E-state index in [4.69, 9.17) is 9.47 Å². The molecule has 158 valence electrons. The van der Waals surface area contributed by atoms with Crippen LogP contribution in [0.2, 0.25) is 0 Å². The van der Waals surface area contributed by atoms with Gasteiger partial charge in [0.15, 0.2) is 6.10 Å². The van der Waals surface area contributed by atoms with E-state index in [9.17, 15) is 4.79 Å². The lowest BCUT2D eigenvalue weighted by atomic mass is 9.96. The maximum atomic E-state index is 12.9. The van der Waals surface area contributed by atoms with Crippen LogP contribution in [0.5, 0.6) is 11.5 Å². The molecule has 0 aliphatic heterocycles. The maximum Gasteiger partial charge on any atom is 0.261 e. The number of methoxy groups -OCH3 is 1. The summed E-state index contributed by atoms with van der Waals surface area (Å²) in [4.78, 5) is 12.9. The Morgan fingerprint density at radius 2 is 1.66 bits per heavy atom. The molecule has 0 unspecified atom stereocenters. The first kappa shape index (κ1) is 22.8. The van der Waals surface area contributed by atoms with Gasteiger partial charge in [-0.1, -0.05) is 52.0 Å². The molecular formula is C25H35NO3. The molecule has 0 bridgehead atoms. The molecule has 4 heteroatoms. The van der Waals surface area contributed by atoms with Gasteiger partial charge in [0, 0.05) is 0 Å². The predicted octanol–water partition coefficient (Wildman–Crippen LogP) is 5.80. The van der Waals surface area contributed by atoms with E-state index in [-0.39, 0.29) is 11.9 Å². The highest BCUT2D eigenvalue weighted by Gasteiger charge is 2.22. The van der Waals surface area contributed by atoms with Crippen LogP contribution < -0.4 is 14.8 Å². The molecule has 0 saturated heterocycles. The molecule has 2 aromatic rings. The topological polar surface area (TPSA) is 47.6 Å². The lowest BCUT2D eigenvalue weighted by molar-refractivity contribution is -0.128. The number of nitrogens with one attached hydrogen (secondary N) is 1. The van der Waals surface area contributed by atoms with Gasteiger partial charge in [0.2, 0.25) is 0 Å². The van der Waals surface area contributed by atoms with E-state index < -0.39 is 6.10 Å². The van der Waals surface area contributed by atoms with Crippen molar-refractivity contribution in [1.29, 1.82) is 0 Å². The third-order valence-corrected chi connectivity index (χ3v) is 5.01. The molecule has 4 nitrogen and oxygen atoms in total. The average Bonchev–Trinajstić information content (AvgIpc) is 2.67. The smallest absolute Gasteiger partial charge is 0.261 e. The van der Waals surface area contributed by atoms with Crippen molar-refractivity contribution in [1.82, 2.24) is 5.32 Å². The largest absolute Gasteiger partial charge is 0.497 e. The first-order chi connectivity index (χ1) is 13.7. The summed E-state index contributed by atoms with van der Waals surface area (Å²) in [5, 5.41) is 3.18. The number of aryl methyl sites for hydroxylation is 1. The molecule has 0 saturated carbocycles. The van der Waals surface area contributed by atoms with Crippen LogP contribution in [0.3, 0.4) is 0 Å². The fourth-order valence-corrected chi connectivity index (χ4v) is 3.34. The second kappa shape index (κ2) is 10.3. The van der Waals surface area contributed by atoms with Gasteiger partial charge in [0.05, 0.1) is 13.2 Å². The Balaban J connectivity index is 2.15. The monoisotopic (exact) mass is 397 g/mol. The van der Waals surface area contributed by atoms with Gasteiger partial charge in [-0.25, -0.2) is 0 Å². The SMILES string of the molecule is COc1ccc([C@H](CC(C)C)NC(=O)[C@H](C)Oc2cc(C)ccc2C(C)C)cc1. The highest BCUT2D eigenvalue weighted by molar-refractivity contribution is 5.81. The van der Waals surface area contributed by atoms with E-state index in [0.29, 0.717) is 11.8 Å². The van der Waals surface area contributed by atoms with E-state index in [1.807, 2.05) is 44.2 Å².